The number of hydrogen-bond donors (Lipinski definition) is 2. The van der Waals surface area contributed by atoms with Crippen molar-refractivity contribution in [3.63, 3.8) is 0 Å². The summed E-state index contributed by atoms with van der Waals surface area (Å²) in [6.45, 7) is 2.37. The van der Waals surface area contributed by atoms with E-state index < -0.39 is 0 Å². The molecule has 2 aromatic carbocycles. The first-order valence-electron chi connectivity index (χ1n) is 11.2. The van der Waals surface area contributed by atoms with Gasteiger partial charge >= 0.3 is 0 Å². The number of nitrogens with one attached hydrogen (secondary N) is 2. The van der Waals surface area contributed by atoms with E-state index in [1.165, 1.54) is 0 Å². The van der Waals surface area contributed by atoms with Crippen LogP contribution in [0.3, 0.4) is 0 Å². The van der Waals surface area contributed by atoms with E-state index in [0.29, 0.717) is 26.2 Å². The van der Waals surface area contributed by atoms with Crippen molar-refractivity contribution in [2.24, 2.45) is 0 Å². The highest BCUT2D eigenvalue weighted by molar-refractivity contribution is 5.94. The van der Waals surface area contributed by atoms with Crippen molar-refractivity contribution >= 4 is 45.8 Å². The normalized spacial score (nSPS) is 15.2. The predicted molar refractivity (Wildman–Crippen MR) is 132 cm³/mol. The van der Waals surface area contributed by atoms with Crippen molar-refractivity contribution in [3.8, 4) is 0 Å². The Balaban J connectivity index is 1.17. The van der Waals surface area contributed by atoms with Gasteiger partial charge in [-0.05, 0) is 76.9 Å². The summed E-state index contributed by atoms with van der Waals surface area (Å²) in [6.07, 6.45) is 11.5. The Kier molecular flexibility index (Phi) is 5.81. The van der Waals surface area contributed by atoms with Gasteiger partial charge in [0.1, 0.15) is 0 Å². The lowest BCUT2D eigenvalue weighted by Crippen LogP contribution is -2.36. The number of nitrogens with zero attached hydrogens (tertiary/aromatic N) is 2. The molecule has 2 amide bonds. The minimum absolute atomic E-state index is 0.0196. The second-order valence-corrected chi connectivity index (χ2v) is 8.32. The number of carbonyl (C=O) groups excluding carboxylic acids is 2. The van der Waals surface area contributed by atoms with Crippen molar-refractivity contribution in [1.29, 1.82) is 0 Å². The van der Waals surface area contributed by atoms with Crippen LogP contribution in [0.2, 0.25) is 0 Å². The van der Waals surface area contributed by atoms with Gasteiger partial charge in [0.15, 0.2) is 0 Å². The van der Waals surface area contributed by atoms with Crippen LogP contribution in [0.1, 0.15) is 17.5 Å². The highest BCUT2D eigenvalue weighted by Gasteiger charge is 2.19. The zero-order valence-electron chi connectivity index (χ0n) is 18.3. The molecule has 6 nitrogen and oxygen atoms in total. The molecule has 33 heavy (non-hydrogen) atoms. The molecule has 0 saturated carbocycles. The smallest absolute Gasteiger partial charge is 0.246 e. The fourth-order valence-corrected chi connectivity index (χ4v) is 4.25. The number of hydrogen-bond acceptors (Lipinski definition) is 2. The van der Waals surface area contributed by atoms with E-state index in [1.54, 1.807) is 12.2 Å². The van der Waals surface area contributed by atoms with Crippen LogP contribution >= 0.6 is 0 Å². The second-order valence-electron chi connectivity index (χ2n) is 8.32. The van der Waals surface area contributed by atoms with Crippen LogP contribution in [0.5, 0.6) is 0 Å². The first kappa shape index (κ1) is 20.8. The third kappa shape index (κ3) is 4.75. The Morgan fingerprint density at radius 3 is 1.64 bits per heavy atom. The Hall–Kier alpha value is -4.06. The van der Waals surface area contributed by atoms with Gasteiger partial charge < -0.3 is 19.8 Å². The maximum absolute atomic E-state index is 12.7. The molecule has 1 fully saturated rings. The SMILES string of the molecule is O=C(/C=C/c1ccc2[nH]ccc2c1)N1CCCN(C(=O)/C=C/c2ccc3[nH]ccc3c2)CC1. The molecular weight excluding hydrogens is 412 g/mol. The average Bonchev–Trinajstić information content (AvgIpc) is 3.43. The molecule has 0 bridgehead atoms. The summed E-state index contributed by atoms with van der Waals surface area (Å²) in [7, 11) is 0. The van der Waals surface area contributed by atoms with Crippen molar-refractivity contribution in [3.05, 3.63) is 84.2 Å². The average molecular weight is 439 g/mol. The van der Waals surface area contributed by atoms with Crippen molar-refractivity contribution in [2.45, 2.75) is 6.42 Å². The van der Waals surface area contributed by atoms with Crippen LogP contribution in [0.15, 0.2) is 73.1 Å². The predicted octanol–water partition coefficient (Wildman–Crippen LogP) is 4.44. The lowest BCUT2D eigenvalue weighted by Gasteiger charge is -2.20. The zero-order valence-corrected chi connectivity index (χ0v) is 18.3. The summed E-state index contributed by atoms with van der Waals surface area (Å²) in [5.74, 6) is -0.0392. The van der Waals surface area contributed by atoms with Crippen LogP contribution in [0.25, 0.3) is 34.0 Å². The van der Waals surface area contributed by atoms with Gasteiger partial charge in [0.2, 0.25) is 11.8 Å². The Bertz CT molecular complexity index is 1260. The standard InChI is InChI=1S/C27H26N4O2/c32-26(8-4-20-2-6-24-22(18-20)10-12-28-24)30-14-1-15-31(17-16-30)27(33)9-5-21-3-7-25-23(19-21)11-13-29-25/h2-13,18-19,28-29H,1,14-17H2/b8-4+,9-5+. The molecule has 4 aromatic rings. The monoisotopic (exact) mass is 438 g/mol. The Labute approximate surface area is 192 Å². The number of amides is 2. The van der Waals surface area contributed by atoms with Crippen LogP contribution in [0, 0.1) is 0 Å². The van der Waals surface area contributed by atoms with Gasteiger partial charge in [-0.1, -0.05) is 12.1 Å². The second kappa shape index (κ2) is 9.20. The fourth-order valence-electron chi connectivity index (χ4n) is 4.25. The molecule has 0 atom stereocenters. The molecular formula is C27H26N4O2. The summed E-state index contributed by atoms with van der Waals surface area (Å²) in [4.78, 5) is 35.4. The molecule has 6 heteroatoms. The number of carbonyl (C=O) groups is 2. The number of rotatable bonds is 4. The summed E-state index contributed by atoms with van der Waals surface area (Å²) >= 11 is 0. The zero-order chi connectivity index (χ0) is 22.6. The van der Waals surface area contributed by atoms with E-state index in [-0.39, 0.29) is 11.8 Å². The van der Waals surface area contributed by atoms with Crippen LogP contribution in [0.4, 0.5) is 0 Å². The molecule has 0 spiro atoms. The third-order valence-electron chi connectivity index (χ3n) is 6.11. The number of benzene rings is 2. The molecule has 1 aliphatic heterocycles. The first-order chi connectivity index (χ1) is 16.2. The summed E-state index contributed by atoms with van der Waals surface area (Å²) in [6, 6.07) is 16.1. The van der Waals surface area contributed by atoms with Gasteiger partial charge in [-0.15, -0.1) is 0 Å². The molecule has 166 valence electrons. The van der Waals surface area contributed by atoms with E-state index in [2.05, 4.69) is 22.1 Å². The van der Waals surface area contributed by atoms with E-state index in [4.69, 9.17) is 0 Å². The molecule has 0 unspecified atom stereocenters. The van der Waals surface area contributed by atoms with Crippen molar-refractivity contribution in [1.82, 2.24) is 19.8 Å². The van der Waals surface area contributed by atoms with Gasteiger partial charge in [0.25, 0.3) is 0 Å². The van der Waals surface area contributed by atoms with Crippen LogP contribution in [-0.4, -0.2) is 57.8 Å². The minimum Gasteiger partial charge on any atom is -0.361 e. The summed E-state index contributed by atoms with van der Waals surface area (Å²) < 4.78 is 0. The summed E-state index contributed by atoms with van der Waals surface area (Å²) in [5.41, 5.74) is 4.14. The third-order valence-corrected chi connectivity index (χ3v) is 6.11. The Morgan fingerprint density at radius 1 is 0.667 bits per heavy atom. The number of aromatic nitrogens is 2. The highest BCUT2D eigenvalue weighted by Crippen LogP contribution is 2.17. The lowest BCUT2D eigenvalue weighted by atomic mass is 10.1. The van der Waals surface area contributed by atoms with Gasteiger partial charge in [0.05, 0.1) is 0 Å². The summed E-state index contributed by atoms with van der Waals surface area (Å²) in [5, 5.41) is 2.24. The number of fused-ring (bicyclic) bond motifs is 2. The molecule has 2 aromatic heterocycles. The Morgan fingerprint density at radius 2 is 1.15 bits per heavy atom. The molecule has 0 radical (unpaired) electrons. The number of H-pyrrole nitrogens is 2. The molecule has 0 aliphatic carbocycles. The van der Waals surface area contributed by atoms with E-state index in [1.807, 2.05) is 70.7 Å². The van der Waals surface area contributed by atoms with Crippen molar-refractivity contribution < 1.29 is 9.59 Å². The molecule has 5 rings (SSSR count). The largest absolute Gasteiger partial charge is 0.361 e. The van der Waals surface area contributed by atoms with Crippen molar-refractivity contribution in [2.75, 3.05) is 26.2 Å². The van der Waals surface area contributed by atoms with E-state index >= 15 is 0 Å². The van der Waals surface area contributed by atoms with Crippen LogP contribution < -0.4 is 0 Å². The van der Waals surface area contributed by atoms with Gasteiger partial charge in [0, 0.05) is 61.8 Å². The maximum Gasteiger partial charge on any atom is 0.246 e. The van der Waals surface area contributed by atoms with E-state index in [0.717, 1.165) is 39.4 Å². The first-order valence-corrected chi connectivity index (χ1v) is 11.2. The molecule has 1 aliphatic rings. The molecule has 1 saturated heterocycles. The van der Waals surface area contributed by atoms with Gasteiger partial charge in [-0.25, -0.2) is 0 Å². The maximum atomic E-state index is 12.7. The quantitative estimate of drug-likeness (QED) is 0.463. The van der Waals surface area contributed by atoms with Gasteiger partial charge in [-0.2, -0.15) is 0 Å². The lowest BCUT2D eigenvalue weighted by molar-refractivity contribution is -0.128. The fraction of sp³-hybridized carbons (Fsp3) is 0.185. The van der Waals surface area contributed by atoms with E-state index in [9.17, 15) is 9.59 Å². The topological polar surface area (TPSA) is 72.2 Å². The number of aromatic amines is 2. The van der Waals surface area contributed by atoms with Crippen LogP contribution in [-0.2, 0) is 9.59 Å². The highest BCUT2D eigenvalue weighted by atomic mass is 16.2. The van der Waals surface area contributed by atoms with Gasteiger partial charge in [-0.3, -0.25) is 9.59 Å². The minimum atomic E-state index is -0.0196. The molecule has 2 N–H and O–H groups in total. The molecule has 3 heterocycles.